The monoisotopic (exact) mass is 343 g/mol. The van der Waals surface area contributed by atoms with Gasteiger partial charge >= 0.3 is 0 Å². The Morgan fingerprint density at radius 1 is 1.17 bits per heavy atom. The van der Waals surface area contributed by atoms with Crippen LogP contribution in [0.1, 0.15) is 13.3 Å². The number of hydrogen-bond acceptors (Lipinski definition) is 4. The summed E-state index contributed by atoms with van der Waals surface area (Å²) in [5.41, 5.74) is 0.643. The molecule has 1 aromatic carbocycles. The van der Waals surface area contributed by atoms with E-state index < -0.39 is 5.76 Å². The van der Waals surface area contributed by atoms with Crippen LogP contribution in [0.25, 0.3) is 0 Å². The number of thioether (sulfide) groups is 1. The quantitative estimate of drug-likeness (QED) is 0.772. The van der Waals surface area contributed by atoms with Gasteiger partial charge in [-0.25, -0.2) is 0 Å². The van der Waals surface area contributed by atoms with E-state index in [1.54, 1.807) is 24.3 Å². The fraction of sp³-hybridized carbons (Fsp3) is 0.562. The van der Waals surface area contributed by atoms with Crippen LogP contribution in [0.15, 0.2) is 29.2 Å². The van der Waals surface area contributed by atoms with Gasteiger partial charge in [-0.05, 0) is 30.8 Å². The third-order valence-electron chi connectivity index (χ3n) is 3.93. The molecule has 0 aliphatic carbocycles. The van der Waals surface area contributed by atoms with Crippen LogP contribution in [-0.4, -0.2) is 60.7 Å². The Morgan fingerprint density at radius 3 is 2.35 bits per heavy atom. The molecule has 1 amide bonds. The molecule has 1 aliphatic rings. The number of benzene rings is 1. The lowest BCUT2D eigenvalue weighted by Gasteiger charge is -2.33. The Morgan fingerprint density at radius 2 is 1.78 bits per heavy atom. The summed E-state index contributed by atoms with van der Waals surface area (Å²) in [6, 6.07) is 6.50. The molecule has 1 aliphatic heterocycles. The molecule has 2 rings (SSSR count). The molecule has 0 radical (unpaired) electrons. The molecule has 1 saturated heterocycles. The van der Waals surface area contributed by atoms with Crippen molar-refractivity contribution in [2.45, 2.75) is 24.0 Å². The van der Waals surface area contributed by atoms with E-state index in [0.717, 1.165) is 39.3 Å². The number of halogens is 2. The summed E-state index contributed by atoms with van der Waals surface area (Å²) in [6.07, 6.45) is 0.444. The number of nitrogens with zero attached hydrogens (tertiary/aromatic N) is 2. The molecule has 1 N–H and O–H groups in total. The first-order valence-corrected chi connectivity index (χ1v) is 8.74. The number of amides is 1. The third kappa shape index (κ3) is 6.45. The maximum absolute atomic E-state index is 12.2. The van der Waals surface area contributed by atoms with Crippen LogP contribution in [0, 0.1) is 0 Å². The van der Waals surface area contributed by atoms with Crippen LogP contribution in [0.4, 0.5) is 14.5 Å². The van der Waals surface area contributed by atoms with Crippen molar-refractivity contribution in [1.29, 1.82) is 0 Å². The molecular formula is C16H23F2N3OS. The summed E-state index contributed by atoms with van der Waals surface area (Å²) < 4.78 is 24.5. The summed E-state index contributed by atoms with van der Waals surface area (Å²) in [7, 11) is 0. The second kappa shape index (κ2) is 9.20. The summed E-state index contributed by atoms with van der Waals surface area (Å²) in [5.74, 6) is -2.47. The van der Waals surface area contributed by atoms with Crippen LogP contribution in [0.2, 0.25) is 0 Å². The minimum absolute atomic E-state index is 0.0443. The van der Waals surface area contributed by atoms with Crippen molar-refractivity contribution >= 4 is 23.4 Å². The van der Waals surface area contributed by atoms with Gasteiger partial charge in [-0.1, -0.05) is 18.7 Å². The van der Waals surface area contributed by atoms with Crippen molar-refractivity contribution in [3.63, 3.8) is 0 Å². The number of hydrogen-bond donors (Lipinski definition) is 1. The normalized spacial score (nSPS) is 16.7. The highest BCUT2D eigenvalue weighted by atomic mass is 32.2. The molecule has 23 heavy (non-hydrogen) atoms. The average molecular weight is 343 g/mol. The van der Waals surface area contributed by atoms with Crippen LogP contribution in [0.3, 0.4) is 0 Å². The van der Waals surface area contributed by atoms with Crippen LogP contribution in [-0.2, 0) is 4.79 Å². The lowest BCUT2D eigenvalue weighted by Crippen LogP contribution is -2.46. The Balaban J connectivity index is 1.70. The Labute approximate surface area is 140 Å². The highest BCUT2D eigenvalue weighted by Crippen LogP contribution is 2.26. The highest BCUT2D eigenvalue weighted by Gasteiger charge is 2.16. The Kier molecular flexibility index (Phi) is 7.26. The van der Waals surface area contributed by atoms with E-state index in [4.69, 9.17) is 0 Å². The topological polar surface area (TPSA) is 35.6 Å². The molecule has 0 saturated carbocycles. The predicted molar refractivity (Wildman–Crippen MR) is 90.1 cm³/mol. The van der Waals surface area contributed by atoms with Crippen molar-refractivity contribution in [2.75, 3.05) is 44.6 Å². The summed E-state index contributed by atoms with van der Waals surface area (Å²) in [5, 5.41) is 2.81. The van der Waals surface area contributed by atoms with E-state index in [-0.39, 0.29) is 5.91 Å². The van der Waals surface area contributed by atoms with Crippen molar-refractivity contribution in [2.24, 2.45) is 0 Å². The van der Waals surface area contributed by atoms with Gasteiger partial charge in [-0.2, -0.15) is 8.78 Å². The SMILES string of the molecule is CCN1CCN(CCC(=O)Nc2ccc(SC(F)F)cc2)CC1. The van der Waals surface area contributed by atoms with Crippen LogP contribution < -0.4 is 5.32 Å². The van der Waals surface area contributed by atoms with E-state index >= 15 is 0 Å². The molecule has 0 spiro atoms. The lowest BCUT2D eigenvalue weighted by atomic mass is 10.2. The number of rotatable bonds is 7. The van der Waals surface area contributed by atoms with Crippen molar-refractivity contribution in [3.8, 4) is 0 Å². The summed E-state index contributed by atoms with van der Waals surface area (Å²) >= 11 is 0.500. The van der Waals surface area contributed by atoms with Gasteiger partial charge < -0.3 is 15.1 Å². The van der Waals surface area contributed by atoms with Crippen LogP contribution in [0.5, 0.6) is 0 Å². The van der Waals surface area contributed by atoms with E-state index in [9.17, 15) is 13.6 Å². The molecule has 128 valence electrons. The van der Waals surface area contributed by atoms with Gasteiger partial charge in [0.05, 0.1) is 0 Å². The zero-order chi connectivity index (χ0) is 16.7. The maximum atomic E-state index is 12.2. The van der Waals surface area contributed by atoms with Gasteiger partial charge in [0, 0.05) is 49.7 Å². The molecule has 0 unspecified atom stereocenters. The van der Waals surface area contributed by atoms with Crippen molar-refractivity contribution < 1.29 is 13.6 Å². The van der Waals surface area contributed by atoms with Gasteiger partial charge in [0.1, 0.15) is 0 Å². The number of carbonyl (C=O) groups is 1. The van der Waals surface area contributed by atoms with E-state index in [0.29, 0.717) is 28.8 Å². The number of nitrogens with one attached hydrogen (secondary N) is 1. The summed E-state index contributed by atoms with van der Waals surface area (Å²) in [6.45, 7) is 8.11. The van der Waals surface area contributed by atoms with Crippen molar-refractivity contribution in [1.82, 2.24) is 9.80 Å². The number of likely N-dealkylation sites (N-methyl/N-ethyl adjacent to an activating group) is 1. The largest absolute Gasteiger partial charge is 0.326 e. The molecule has 1 fully saturated rings. The molecule has 1 heterocycles. The maximum Gasteiger partial charge on any atom is 0.288 e. The second-order valence-corrected chi connectivity index (χ2v) is 6.54. The molecule has 7 heteroatoms. The molecule has 0 atom stereocenters. The first-order chi connectivity index (χ1) is 11.1. The number of piperazine rings is 1. The zero-order valence-electron chi connectivity index (χ0n) is 13.3. The second-order valence-electron chi connectivity index (χ2n) is 5.48. The minimum Gasteiger partial charge on any atom is -0.326 e. The highest BCUT2D eigenvalue weighted by molar-refractivity contribution is 7.99. The van der Waals surface area contributed by atoms with E-state index in [1.807, 2.05) is 0 Å². The molecular weight excluding hydrogens is 320 g/mol. The van der Waals surface area contributed by atoms with Crippen molar-refractivity contribution in [3.05, 3.63) is 24.3 Å². The predicted octanol–water partition coefficient (Wildman–Crippen LogP) is 2.97. The van der Waals surface area contributed by atoms with Gasteiger partial charge in [0.2, 0.25) is 5.91 Å². The standard InChI is InChI=1S/C16H23F2N3OS/c1-2-20-9-11-21(12-10-20)8-7-15(22)19-13-3-5-14(6-4-13)23-16(17)18/h3-6,16H,2,7-12H2,1H3,(H,19,22). The number of carbonyl (C=O) groups excluding carboxylic acids is 1. The molecule has 0 aromatic heterocycles. The molecule has 4 nitrogen and oxygen atoms in total. The molecule has 1 aromatic rings. The zero-order valence-corrected chi connectivity index (χ0v) is 14.1. The average Bonchev–Trinajstić information content (AvgIpc) is 2.55. The van der Waals surface area contributed by atoms with Gasteiger partial charge in [0.25, 0.3) is 5.76 Å². The molecule has 0 bridgehead atoms. The third-order valence-corrected chi connectivity index (χ3v) is 4.65. The first-order valence-electron chi connectivity index (χ1n) is 7.86. The first kappa shape index (κ1) is 18.2. The Bertz CT molecular complexity index is 491. The Hall–Kier alpha value is -1.18. The van der Waals surface area contributed by atoms with Gasteiger partial charge in [0.15, 0.2) is 0 Å². The van der Waals surface area contributed by atoms with E-state index in [1.165, 1.54) is 0 Å². The van der Waals surface area contributed by atoms with Crippen LogP contribution >= 0.6 is 11.8 Å². The van der Waals surface area contributed by atoms with Gasteiger partial charge in [-0.15, -0.1) is 0 Å². The minimum atomic E-state index is -2.43. The number of alkyl halides is 2. The fourth-order valence-corrected chi connectivity index (χ4v) is 3.03. The fourth-order valence-electron chi connectivity index (χ4n) is 2.53. The van der Waals surface area contributed by atoms with E-state index in [2.05, 4.69) is 22.0 Å². The smallest absolute Gasteiger partial charge is 0.288 e. The van der Waals surface area contributed by atoms with Gasteiger partial charge in [-0.3, -0.25) is 4.79 Å². The number of anilines is 1. The summed E-state index contributed by atoms with van der Waals surface area (Å²) in [4.78, 5) is 17.2. The lowest BCUT2D eigenvalue weighted by molar-refractivity contribution is -0.116.